The van der Waals surface area contributed by atoms with Crippen molar-refractivity contribution < 1.29 is 24.5 Å². The Morgan fingerprint density at radius 2 is 0.618 bits per heavy atom. The zero-order valence-electron chi connectivity index (χ0n) is 51.5. The molecule has 450 valence electrons. The van der Waals surface area contributed by atoms with Gasteiger partial charge < -0.3 is 20.3 Å². The van der Waals surface area contributed by atoms with E-state index in [0.717, 1.165) is 38.5 Å². The van der Waals surface area contributed by atoms with Gasteiger partial charge >= 0.3 is 5.97 Å². The highest BCUT2D eigenvalue weighted by Gasteiger charge is 2.18. The zero-order valence-corrected chi connectivity index (χ0v) is 51.5. The molecule has 1 amide bonds. The summed E-state index contributed by atoms with van der Waals surface area (Å²) in [5, 5.41) is 23.1. The number of carbonyl (C=O) groups excluding carboxylic acids is 2. The summed E-state index contributed by atoms with van der Waals surface area (Å²) in [6, 6.07) is -0.626. The fraction of sp³-hybridized carbons (Fsp3) is 0.914. The van der Waals surface area contributed by atoms with Crippen molar-refractivity contribution in [3.05, 3.63) is 24.3 Å². The van der Waals surface area contributed by atoms with Crippen molar-refractivity contribution in [2.45, 2.75) is 398 Å². The molecule has 0 aromatic carbocycles. The smallest absolute Gasteiger partial charge is 0.305 e. The molecule has 3 N–H and O–H groups in total. The van der Waals surface area contributed by atoms with Gasteiger partial charge in [-0.25, -0.2) is 0 Å². The number of aliphatic hydroxyl groups is 2. The van der Waals surface area contributed by atoms with Crippen LogP contribution in [0.25, 0.3) is 0 Å². The van der Waals surface area contributed by atoms with E-state index < -0.39 is 12.1 Å². The predicted octanol–water partition coefficient (Wildman–Crippen LogP) is 22.1. The maximum absolute atomic E-state index is 12.5. The normalized spacial score (nSPS) is 12.6. The van der Waals surface area contributed by atoms with Crippen LogP contribution in [-0.4, -0.2) is 47.4 Å². The number of amides is 1. The standard InChI is InChI=1S/C70H135NO5/c1-3-5-7-9-11-13-15-17-19-36-40-44-48-52-56-60-64-70(75)76-65-61-57-53-49-45-41-37-34-32-30-28-26-24-22-20-21-23-25-27-29-31-33-35-39-43-47-51-55-59-63-69(74)71-67(66-72)68(73)62-58-54-50-46-42-38-18-16-14-12-10-8-6-4-2/h20,22,58,62,67-68,72-73H,3-19,21,23-57,59-61,63-66H2,1-2H3,(H,71,74)/b22-20-,62-58+. The Balaban J connectivity index is 3.36. The average molecular weight is 1070 g/mol. The van der Waals surface area contributed by atoms with E-state index in [-0.39, 0.29) is 18.5 Å². The molecule has 0 fully saturated rings. The Labute approximate surface area is 475 Å². The van der Waals surface area contributed by atoms with Crippen molar-refractivity contribution in [3.63, 3.8) is 0 Å². The molecule has 0 aliphatic heterocycles. The fourth-order valence-electron chi connectivity index (χ4n) is 10.9. The summed E-state index contributed by atoms with van der Waals surface area (Å²) >= 11 is 0. The fourth-order valence-corrected chi connectivity index (χ4v) is 10.9. The van der Waals surface area contributed by atoms with E-state index in [2.05, 4.69) is 31.3 Å². The number of nitrogens with one attached hydrogen (secondary N) is 1. The number of esters is 1. The number of unbranched alkanes of at least 4 members (excludes halogenated alkanes) is 52. The lowest BCUT2D eigenvalue weighted by Gasteiger charge is -2.20. The van der Waals surface area contributed by atoms with E-state index in [1.54, 1.807) is 6.08 Å². The Hall–Kier alpha value is -1.66. The molecule has 0 saturated heterocycles. The molecule has 0 aromatic heterocycles. The molecule has 0 spiro atoms. The Morgan fingerprint density at radius 3 is 0.934 bits per heavy atom. The number of ether oxygens (including phenoxy) is 1. The van der Waals surface area contributed by atoms with Gasteiger partial charge in [0.1, 0.15) is 0 Å². The van der Waals surface area contributed by atoms with Crippen LogP contribution in [0.15, 0.2) is 24.3 Å². The van der Waals surface area contributed by atoms with Crippen molar-refractivity contribution in [1.29, 1.82) is 0 Å². The minimum Gasteiger partial charge on any atom is -0.466 e. The molecule has 0 aliphatic carbocycles. The second-order valence-corrected chi connectivity index (χ2v) is 23.9. The third-order valence-corrected chi connectivity index (χ3v) is 16.2. The van der Waals surface area contributed by atoms with Crippen LogP contribution in [0.1, 0.15) is 386 Å². The Morgan fingerprint density at radius 1 is 0.355 bits per heavy atom. The van der Waals surface area contributed by atoms with E-state index in [0.29, 0.717) is 19.4 Å². The number of aliphatic hydroxyl groups excluding tert-OH is 2. The third kappa shape index (κ3) is 61.6. The second-order valence-electron chi connectivity index (χ2n) is 23.9. The first-order chi connectivity index (χ1) is 37.5. The summed E-state index contributed by atoms with van der Waals surface area (Å²) in [7, 11) is 0. The minimum atomic E-state index is -0.843. The SMILES string of the molecule is CCCCCCCCCCCCCC/C=C/C(O)C(CO)NC(=O)CCCCCCCCCCCCCCC/C=C\CCCCCCCCCCCCCCOC(=O)CCCCCCCCCCCCCCCCCC. The van der Waals surface area contributed by atoms with Gasteiger partial charge in [0.05, 0.1) is 25.4 Å². The minimum absolute atomic E-state index is 0.0202. The van der Waals surface area contributed by atoms with E-state index in [9.17, 15) is 19.8 Å². The molecule has 6 nitrogen and oxygen atoms in total. The lowest BCUT2D eigenvalue weighted by atomic mass is 10.0. The lowest BCUT2D eigenvalue weighted by Crippen LogP contribution is -2.45. The molecule has 2 atom stereocenters. The van der Waals surface area contributed by atoms with Crippen LogP contribution in [0.4, 0.5) is 0 Å². The van der Waals surface area contributed by atoms with Crippen LogP contribution in [0.5, 0.6) is 0 Å². The molecule has 6 heteroatoms. The summed E-state index contributed by atoms with van der Waals surface area (Å²) in [6.07, 6.45) is 82.5. The predicted molar refractivity (Wildman–Crippen MR) is 333 cm³/mol. The topological polar surface area (TPSA) is 95.9 Å². The monoisotopic (exact) mass is 1070 g/mol. The van der Waals surface area contributed by atoms with Crippen LogP contribution in [0, 0.1) is 0 Å². The van der Waals surface area contributed by atoms with Crippen molar-refractivity contribution in [2.75, 3.05) is 13.2 Å². The van der Waals surface area contributed by atoms with Gasteiger partial charge in [-0.15, -0.1) is 0 Å². The van der Waals surface area contributed by atoms with Crippen LogP contribution in [0.3, 0.4) is 0 Å². The van der Waals surface area contributed by atoms with Crippen molar-refractivity contribution in [2.24, 2.45) is 0 Å². The van der Waals surface area contributed by atoms with Gasteiger partial charge in [0.15, 0.2) is 0 Å². The maximum Gasteiger partial charge on any atom is 0.305 e. The summed E-state index contributed by atoms with van der Waals surface area (Å²) in [5.74, 6) is -0.0450. The van der Waals surface area contributed by atoms with Gasteiger partial charge in [-0.05, 0) is 57.8 Å². The quantitative estimate of drug-likeness (QED) is 0.0320. The number of hydrogen-bond acceptors (Lipinski definition) is 5. The van der Waals surface area contributed by atoms with E-state index in [1.807, 2.05) is 6.08 Å². The van der Waals surface area contributed by atoms with Crippen LogP contribution >= 0.6 is 0 Å². The summed E-state index contributed by atoms with van der Waals surface area (Å²) < 4.78 is 5.50. The first-order valence-electron chi connectivity index (χ1n) is 34.6. The molecule has 2 unspecified atom stereocenters. The zero-order chi connectivity index (χ0) is 55.0. The third-order valence-electron chi connectivity index (χ3n) is 16.2. The largest absolute Gasteiger partial charge is 0.466 e. The second kappa shape index (κ2) is 65.9. The van der Waals surface area contributed by atoms with E-state index >= 15 is 0 Å². The van der Waals surface area contributed by atoms with Gasteiger partial charge in [0, 0.05) is 12.8 Å². The van der Waals surface area contributed by atoms with Crippen LogP contribution < -0.4 is 5.32 Å². The molecular formula is C70H135NO5. The number of carbonyl (C=O) groups is 2. The summed E-state index contributed by atoms with van der Waals surface area (Å²) in [5.41, 5.74) is 0. The van der Waals surface area contributed by atoms with Crippen LogP contribution in [0.2, 0.25) is 0 Å². The van der Waals surface area contributed by atoms with E-state index in [1.165, 1.54) is 321 Å². The first-order valence-corrected chi connectivity index (χ1v) is 34.6. The van der Waals surface area contributed by atoms with Gasteiger partial charge in [-0.1, -0.05) is 340 Å². The van der Waals surface area contributed by atoms with Gasteiger partial charge in [0.25, 0.3) is 0 Å². The molecule has 0 heterocycles. The highest BCUT2D eigenvalue weighted by Crippen LogP contribution is 2.18. The molecule has 0 aromatic rings. The van der Waals surface area contributed by atoms with Crippen molar-refractivity contribution in [1.82, 2.24) is 5.32 Å². The molecule has 0 aliphatic rings. The van der Waals surface area contributed by atoms with Crippen LogP contribution in [-0.2, 0) is 14.3 Å². The average Bonchev–Trinajstić information content (AvgIpc) is 3.42. The van der Waals surface area contributed by atoms with Crippen molar-refractivity contribution in [3.8, 4) is 0 Å². The first kappa shape index (κ1) is 74.3. The highest BCUT2D eigenvalue weighted by atomic mass is 16.5. The highest BCUT2D eigenvalue weighted by molar-refractivity contribution is 5.76. The van der Waals surface area contributed by atoms with Crippen molar-refractivity contribution >= 4 is 11.9 Å². The van der Waals surface area contributed by atoms with Gasteiger partial charge in [0.2, 0.25) is 5.91 Å². The molecule has 0 radical (unpaired) electrons. The lowest BCUT2D eigenvalue weighted by molar-refractivity contribution is -0.143. The molecular weight excluding hydrogens is 935 g/mol. The summed E-state index contributed by atoms with van der Waals surface area (Å²) in [4.78, 5) is 24.6. The Kier molecular flexibility index (Phi) is 64.4. The number of rotatable bonds is 65. The molecule has 0 saturated carbocycles. The maximum atomic E-state index is 12.5. The van der Waals surface area contributed by atoms with Gasteiger partial charge in [-0.2, -0.15) is 0 Å². The number of allylic oxidation sites excluding steroid dienone is 3. The van der Waals surface area contributed by atoms with E-state index in [4.69, 9.17) is 4.74 Å². The molecule has 0 bridgehead atoms. The van der Waals surface area contributed by atoms with Gasteiger partial charge in [-0.3, -0.25) is 9.59 Å². The molecule has 76 heavy (non-hydrogen) atoms. The number of hydrogen-bond donors (Lipinski definition) is 3. The summed E-state index contributed by atoms with van der Waals surface area (Å²) in [6.45, 7) is 4.94. The molecule has 0 rings (SSSR count). The Bertz CT molecular complexity index is 1190.